The van der Waals surface area contributed by atoms with Crippen LogP contribution in [0.4, 0.5) is 5.69 Å². The molecule has 0 fully saturated rings. The summed E-state index contributed by atoms with van der Waals surface area (Å²) in [4.78, 5) is 29.2. The number of H-pyrrole nitrogens is 1. The van der Waals surface area contributed by atoms with E-state index in [0.717, 1.165) is 36.6 Å². The third kappa shape index (κ3) is 4.28. The zero-order valence-electron chi connectivity index (χ0n) is 16.2. The van der Waals surface area contributed by atoms with Crippen molar-refractivity contribution in [3.8, 4) is 0 Å². The first-order chi connectivity index (χ1) is 13.5. The van der Waals surface area contributed by atoms with Crippen LogP contribution in [0.2, 0.25) is 5.02 Å². The predicted octanol–water partition coefficient (Wildman–Crippen LogP) is 6.21. The van der Waals surface area contributed by atoms with Gasteiger partial charge in [0.1, 0.15) is 5.69 Å². The molecule has 0 unspecified atom stereocenters. The Morgan fingerprint density at radius 3 is 2.36 bits per heavy atom. The lowest BCUT2D eigenvalue weighted by Crippen LogP contribution is -2.23. The van der Waals surface area contributed by atoms with E-state index >= 15 is 0 Å². The number of carbonyl (C=O) groups is 2. The number of hydrogen-bond donors (Lipinski definition) is 2. The van der Waals surface area contributed by atoms with Gasteiger partial charge in [0.25, 0.3) is 0 Å². The van der Waals surface area contributed by atoms with Gasteiger partial charge in [-0.25, -0.2) is 0 Å². The molecule has 0 aliphatic carbocycles. The van der Waals surface area contributed by atoms with Gasteiger partial charge in [0.05, 0.1) is 5.69 Å². The SMILES string of the molecule is CCCC(CCC)C(=O)Nc1c(C(=O)c2ccccc2)[nH]c2cc(Cl)ccc12. The lowest BCUT2D eigenvalue weighted by molar-refractivity contribution is -0.120. The Bertz CT molecular complexity index is 973. The van der Waals surface area contributed by atoms with Crippen LogP contribution in [0.25, 0.3) is 10.9 Å². The number of benzene rings is 2. The van der Waals surface area contributed by atoms with E-state index < -0.39 is 0 Å². The number of carbonyl (C=O) groups excluding carboxylic acids is 2. The van der Waals surface area contributed by atoms with Gasteiger partial charge in [-0.05, 0) is 31.0 Å². The van der Waals surface area contributed by atoms with Gasteiger partial charge in [-0.3, -0.25) is 9.59 Å². The zero-order valence-corrected chi connectivity index (χ0v) is 17.0. The second-order valence-corrected chi connectivity index (χ2v) is 7.46. The summed E-state index contributed by atoms with van der Waals surface area (Å²) in [5, 5.41) is 4.39. The first-order valence-electron chi connectivity index (χ1n) is 9.77. The van der Waals surface area contributed by atoms with Gasteiger partial charge >= 0.3 is 0 Å². The van der Waals surface area contributed by atoms with Gasteiger partial charge in [0.2, 0.25) is 11.7 Å². The Labute approximate surface area is 170 Å². The van der Waals surface area contributed by atoms with Crippen molar-refractivity contribution in [2.45, 2.75) is 39.5 Å². The molecule has 0 radical (unpaired) electrons. The average Bonchev–Trinajstić information content (AvgIpc) is 3.05. The largest absolute Gasteiger partial charge is 0.350 e. The number of fused-ring (bicyclic) bond motifs is 1. The minimum absolute atomic E-state index is 0.0401. The van der Waals surface area contributed by atoms with Crippen molar-refractivity contribution < 1.29 is 9.59 Å². The molecule has 1 amide bonds. The third-order valence-electron chi connectivity index (χ3n) is 4.92. The van der Waals surface area contributed by atoms with Crippen molar-refractivity contribution in [3.63, 3.8) is 0 Å². The molecule has 0 aliphatic rings. The summed E-state index contributed by atoms with van der Waals surface area (Å²) in [7, 11) is 0. The fourth-order valence-electron chi connectivity index (χ4n) is 3.53. The first-order valence-corrected chi connectivity index (χ1v) is 10.1. The summed E-state index contributed by atoms with van der Waals surface area (Å²) < 4.78 is 0. The number of amides is 1. The molecule has 0 atom stereocenters. The highest BCUT2D eigenvalue weighted by Crippen LogP contribution is 2.32. The quantitative estimate of drug-likeness (QED) is 0.445. The molecule has 0 bridgehead atoms. The van der Waals surface area contributed by atoms with Gasteiger partial charge in [0.15, 0.2) is 0 Å². The number of nitrogens with one attached hydrogen (secondary N) is 2. The summed E-state index contributed by atoms with van der Waals surface area (Å²) >= 11 is 6.12. The highest BCUT2D eigenvalue weighted by Gasteiger charge is 2.24. The molecule has 5 heteroatoms. The van der Waals surface area contributed by atoms with E-state index in [-0.39, 0.29) is 17.6 Å². The predicted molar refractivity (Wildman–Crippen MR) is 115 cm³/mol. The number of rotatable bonds is 8. The number of anilines is 1. The summed E-state index contributed by atoms with van der Waals surface area (Å²) in [6.45, 7) is 4.15. The first kappa shape index (κ1) is 20.2. The fourth-order valence-corrected chi connectivity index (χ4v) is 3.70. The lowest BCUT2D eigenvalue weighted by atomic mass is 9.97. The Morgan fingerprint density at radius 1 is 1.04 bits per heavy atom. The van der Waals surface area contributed by atoms with E-state index in [2.05, 4.69) is 24.1 Å². The normalized spacial score (nSPS) is 11.1. The van der Waals surface area contributed by atoms with Crippen molar-refractivity contribution in [1.29, 1.82) is 0 Å². The number of aromatic amines is 1. The summed E-state index contributed by atoms with van der Waals surface area (Å²) in [5.41, 5.74) is 2.20. The molecule has 3 aromatic rings. The molecular weight excluding hydrogens is 372 g/mol. The van der Waals surface area contributed by atoms with E-state index in [0.29, 0.717) is 22.0 Å². The number of aromatic nitrogens is 1. The molecule has 0 spiro atoms. The maximum absolute atomic E-state index is 13.1. The molecule has 146 valence electrons. The van der Waals surface area contributed by atoms with Crippen molar-refractivity contribution in [3.05, 3.63) is 64.8 Å². The van der Waals surface area contributed by atoms with Crippen molar-refractivity contribution >= 4 is 39.9 Å². The summed E-state index contributed by atoms with van der Waals surface area (Å²) in [6, 6.07) is 14.4. The van der Waals surface area contributed by atoms with Crippen LogP contribution in [0, 0.1) is 5.92 Å². The van der Waals surface area contributed by atoms with E-state index in [1.165, 1.54) is 0 Å². The standard InChI is InChI=1S/C23H25ClN2O2/c1-3-8-16(9-4-2)23(28)26-20-18-13-12-17(24)14-19(18)25-21(20)22(27)15-10-6-5-7-11-15/h5-7,10-14,16,25H,3-4,8-9H2,1-2H3,(H,26,28). The van der Waals surface area contributed by atoms with Gasteiger partial charge in [-0.15, -0.1) is 0 Å². The molecule has 0 saturated carbocycles. The Balaban J connectivity index is 2.04. The second-order valence-electron chi connectivity index (χ2n) is 7.02. The van der Waals surface area contributed by atoms with E-state index in [1.807, 2.05) is 24.3 Å². The van der Waals surface area contributed by atoms with Gasteiger partial charge < -0.3 is 10.3 Å². The average molecular weight is 397 g/mol. The van der Waals surface area contributed by atoms with Gasteiger partial charge in [0, 0.05) is 27.4 Å². The molecule has 4 nitrogen and oxygen atoms in total. The van der Waals surface area contributed by atoms with Gasteiger partial charge in [-0.2, -0.15) is 0 Å². The van der Waals surface area contributed by atoms with Crippen LogP contribution in [0.1, 0.15) is 55.6 Å². The van der Waals surface area contributed by atoms with Crippen LogP contribution < -0.4 is 5.32 Å². The van der Waals surface area contributed by atoms with Crippen LogP contribution in [-0.4, -0.2) is 16.7 Å². The molecule has 1 heterocycles. The molecule has 3 rings (SSSR count). The molecule has 0 aliphatic heterocycles. The smallest absolute Gasteiger partial charge is 0.227 e. The monoisotopic (exact) mass is 396 g/mol. The summed E-state index contributed by atoms with van der Waals surface area (Å²) in [5.74, 6) is -0.264. The highest BCUT2D eigenvalue weighted by molar-refractivity contribution is 6.31. The van der Waals surface area contributed by atoms with Crippen molar-refractivity contribution in [1.82, 2.24) is 4.98 Å². The maximum Gasteiger partial charge on any atom is 0.227 e. The Hall–Kier alpha value is -2.59. The topological polar surface area (TPSA) is 62.0 Å². The van der Waals surface area contributed by atoms with Crippen molar-refractivity contribution in [2.24, 2.45) is 5.92 Å². The molecule has 28 heavy (non-hydrogen) atoms. The maximum atomic E-state index is 13.1. The number of ketones is 1. The van der Waals surface area contributed by atoms with Crippen LogP contribution in [0.3, 0.4) is 0 Å². The number of halogens is 1. The fraction of sp³-hybridized carbons (Fsp3) is 0.304. The van der Waals surface area contributed by atoms with Crippen LogP contribution >= 0.6 is 11.6 Å². The number of hydrogen-bond acceptors (Lipinski definition) is 2. The van der Waals surface area contributed by atoms with Crippen LogP contribution in [0.15, 0.2) is 48.5 Å². The molecular formula is C23H25ClN2O2. The van der Waals surface area contributed by atoms with Gasteiger partial charge in [-0.1, -0.05) is 68.6 Å². The summed E-state index contributed by atoms with van der Waals surface area (Å²) in [6.07, 6.45) is 3.54. The Morgan fingerprint density at radius 2 is 1.71 bits per heavy atom. The highest BCUT2D eigenvalue weighted by atomic mass is 35.5. The zero-order chi connectivity index (χ0) is 20.1. The van der Waals surface area contributed by atoms with E-state index in [1.54, 1.807) is 24.3 Å². The third-order valence-corrected chi connectivity index (χ3v) is 5.15. The Kier molecular flexibility index (Phi) is 6.53. The molecule has 1 aromatic heterocycles. The minimum Gasteiger partial charge on any atom is -0.350 e. The van der Waals surface area contributed by atoms with Crippen LogP contribution in [-0.2, 0) is 4.79 Å². The van der Waals surface area contributed by atoms with Crippen molar-refractivity contribution in [2.75, 3.05) is 5.32 Å². The van der Waals surface area contributed by atoms with E-state index in [9.17, 15) is 9.59 Å². The minimum atomic E-state index is -0.161. The second kappa shape index (κ2) is 9.07. The van der Waals surface area contributed by atoms with Crippen LogP contribution in [0.5, 0.6) is 0 Å². The van der Waals surface area contributed by atoms with E-state index in [4.69, 9.17) is 11.6 Å². The lowest BCUT2D eigenvalue weighted by Gasteiger charge is -2.16. The molecule has 2 N–H and O–H groups in total. The molecule has 2 aromatic carbocycles. The molecule has 0 saturated heterocycles.